The highest BCUT2D eigenvalue weighted by molar-refractivity contribution is 9.10. The van der Waals surface area contributed by atoms with Gasteiger partial charge in [-0.25, -0.2) is 8.78 Å². The number of hydrogen-bond donors (Lipinski definition) is 2. The first-order valence-electron chi connectivity index (χ1n) is 4.61. The zero-order chi connectivity index (χ0) is 11.4. The van der Waals surface area contributed by atoms with E-state index in [1.165, 1.54) is 6.07 Å². The van der Waals surface area contributed by atoms with Crippen LogP contribution < -0.4 is 5.32 Å². The number of nitrogens with one attached hydrogen (secondary N) is 1. The minimum absolute atomic E-state index is 0.170. The van der Waals surface area contributed by atoms with E-state index >= 15 is 0 Å². The molecule has 0 aromatic heterocycles. The fourth-order valence-corrected chi connectivity index (χ4v) is 1.62. The number of rotatable bonds is 4. The van der Waals surface area contributed by atoms with Gasteiger partial charge in [-0.1, -0.05) is 6.92 Å². The number of aliphatic hydroxyl groups is 1. The Hall–Kier alpha value is -0.680. The summed E-state index contributed by atoms with van der Waals surface area (Å²) in [5.74, 6) is -1.31. The van der Waals surface area contributed by atoms with Crippen LogP contribution in [-0.2, 0) is 0 Å². The van der Waals surface area contributed by atoms with Crippen molar-refractivity contribution in [2.24, 2.45) is 0 Å². The van der Waals surface area contributed by atoms with Crippen molar-refractivity contribution in [2.75, 3.05) is 11.9 Å². The van der Waals surface area contributed by atoms with Crippen molar-refractivity contribution in [1.29, 1.82) is 0 Å². The molecule has 1 aromatic carbocycles. The van der Waals surface area contributed by atoms with Crippen molar-refractivity contribution >= 4 is 21.6 Å². The Morgan fingerprint density at radius 2 is 2.13 bits per heavy atom. The summed E-state index contributed by atoms with van der Waals surface area (Å²) in [4.78, 5) is 0. The summed E-state index contributed by atoms with van der Waals surface area (Å²) in [6, 6.07) is 1.97. The number of anilines is 1. The fraction of sp³-hybridized carbons (Fsp3) is 0.400. The van der Waals surface area contributed by atoms with Crippen LogP contribution in [0.25, 0.3) is 0 Å². The third kappa shape index (κ3) is 3.43. The van der Waals surface area contributed by atoms with Gasteiger partial charge in [0.25, 0.3) is 0 Å². The average Bonchev–Trinajstić information content (AvgIpc) is 2.15. The van der Waals surface area contributed by atoms with Gasteiger partial charge in [-0.2, -0.15) is 0 Å². The summed E-state index contributed by atoms with van der Waals surface area (Å²) in [6.07, 6.45) is 0.0364. The zero-order valence-electron chi connectivity index (χ0n) is 8.23. The summed E-state index contributed by atoms with van der Waals surface area (Å²) in [5, 5.41) is 12.0. The SMILES string of the molecule is CCC(O)CNc1c(F)cc(F)cc1Br. The van der Waals surface area contributed by atoms with Gasteiger partial charge in [0.05, 0.1) is 11.8 Å². The first-order valence-corrected chi connectivity index (χ1v) is 5.40. The van der Waals surface area contributed by atoms with E-state index in [0.29, 0.717) is 10.9 Å². The second-order valence-electron chi connectivity index (χ2n) is 3.19. The molecule has 0 saturated heterocycles. The minimum Gasteiger partial charge on any atom is -0.391 e. The molecule has 0 heterocycles. The van der Waals surface area contributed by atoms with Gasteiger partial charge in [0.2, 0.25) is 0 Å². The highest BCUT2D eigenvalue weighted by Crippen LogP contribution is 2.26. The maximum absolute atomic E-state index is 13.3. The highest BCUT2D eigenvalue weighted by atomic mass is 79.9. The molecule has 0 saturated carbocycles. The lowest BCUT2D eigenvalue weighted by Gasteiger charge is -2.12. The molecule has 0 fully saturated rings. The molecule has 1 aromatic rings. The largest absolute Gasteiger partial charge is 0.391 e. The molecule has 84 valence electrons. The van der Waals surface area contributed by atoms with Crippen molar-refractivity contribution < 1.29 is 13.9 Å². The molecule has 0 aliphatic heterocycles. The lowest BCUT2D eigenvalue weighted by Crippen LogP contribution is -2.19. The molecule has 1 unspecified atom stereocenters. The summed E-state index contributed by atoms with van der Waals surface area (Å²) >= 11 is 3.05. The van der Waals surface area contributed by atoms with Gasteiger partial charge < -0.3 is 10.4 Å². The van der Waals surface area contributed by atoms with E-state index < -0.39 is 17.7 Å². The van der Waals surface area contributed by atoms with Crippen molar-refractivity contribution in [3.8, 4) is 0 Å². The predicted octanol–water partition coefficient (Wildman–Crippen LogP) is 2.91. The van der Waals surface area contributed by atoms with Crippen molar-refractivity contribution in [2.45, 2.75) is 19.4 Å². The Kier molecular flexibility index (Phi) is 4.47. The van der Waals surface area contributed by atoms with Crippen LogP contribution in [-0.4, -0.2) is 17.8 Å². The molecule has 1 rings (SSSR count). The van der Waals surface area contributed by atoms with Crippen LogP contribution in [0.15, 0.2) is 16.6 Å². The first-order chi connectivity index (χ1) is 7.04. The quantitative estimate of drug-likeness (QED) is 0.888. The van der Waals surface area contributed by atoms with Crippen LogP contribution in [0, 0.1) is 11.6 Å². The van der Waals surface area contributed by atoms with Crippen molar-refractivity contribution in [1.82, 2.24) is 0 Å². The molecule has 0 bridgehead atoms. The number of aliphatic hydroxyl groups excluding tert-OH is 1. The first kappa shape index (κ1) is 12.4. The van der Waals surface area contributed by atoms with Crippen LogP contribution in [0.4, 0.5) is 14.5 Å². The Balaban J connectivity index is 2.77. The molecule has 0 amide bonds. The van der Waals surface area contributed by atoms with Crippen LogP contribution >= 0.6 is 15.9 Å². The monoisotopic (exact) mass is 279 g/mol. The highest BCUT2D eigenvalue weighted by Gasteiger charge is 2.10. The summed E-state index contributed by atoms with van der Waals surface area (Å²) in [5.41, 5.74) is 0.170. The smallest absolute Gasteiger partial charge is 0.150 e. The third-order valence-electron chi connectivity index (χ3n) is 1.99. The van der Waals surface area contributed by atoms with Crippen molar-refractivity contribution in [3.05, 3.63) is 28.2 Å². The van der Waals surface area contributed by atoms with Crippen molar-refractivity contribution in [3.63, 3.8) is 0 Å². The average molecular weight is 280 g/mol. The maximum atomic E-state index is 13.3. The molecular formula is C10H12BrF2NO. The molecule has 0 spiro atoms. The standard InChI is InChI=1S/C10H12BrF2NO/c1-2-7(15)5-14-10-8(11)3-6(12)4-9(10)13/h3-4,7,14-15H,2,5H2,1H3. The number of hydrogen-bond acceptors (Lipinski definition) is 2. The van der Waals surface area contributed by atoms with Crippen LogP contribution in [0.2, 0.25) is 0 Å². The second kappa shape index (κ2) is 5.42. The van der Waals surface area contributed by atoms with Gasteiger partial charge in [0, 0.05) is 17.1 Å². The van der Waals surface area contributed by atoms with Crippen LogP contribution in [0.5, 0.6) is 0 Å². The Morgan fingerprint density at radius 1 is 1.47 bits per heavy atom. The summed E-state index contributed by atoms with van der Waals surface area (Å²) in [6.45, 7) is 2.06. The van der Waals surface area contributed by atoms with Gasteiger partial charge in [-0.05, 0) is 28.4 Å². The molecular weight excluding hydrogens is 268 g/mol. The second-order valence-corrected chi connectivity index (χ2v) is 4.04. The molecule has 2 nitrogen and oxygen atoms in total. The van der Waals surface area contributed by atoms with Crippen LogP contribution in [0.3, 0.4) is 0 Å². The normalized spacial score (nSPS) is 12.6. The van der Waals surface area contributed by atoms with Gasteiger partial charge in [-0.3, -0.25) is 0 Å². The fourth-order valence-electron chi connectivity index (χ4n) is 1.08. The van der Waals surface area contributed by atoms with Crippen LogP contribution in [0.1, 0.15) is 13.3 Å². The number of halogens is 3. The minimum atomic E-state index is -0.676. The van der Waals surface area contributed by atoms with Gasteiger partial charge >= 0.3 is 0 Å². The Bertz CT molecular complexity index is 323. The van der Waals surface area contributed by atoms with E-state index in [4.69, 9.17) is 0 Å². The molecule has 15 heavy (non-hydrogen) atoms. The molecule has 0 radical (unpaired) electrons. The molecule has 0 aliphatic rings. The zero-order valence-corrected chi connectivity index (χ0v) is 9.81. The van der Waals surface area contributed by atoms with E-state index in [9.17, 15) is 13.9 Å². The lowest BCUT2D eigenvalue weighted by molar-refractivity contribution is 0.183. The van der Waals surface area contributed by atoms with E-state index in [0.717, 1.165) is 6.07 Å². The Morgan fingerprint density at radius 3 is 2.67 bits per heavy atom. The molecule has 1 atom stereocenters. The molecule has 0 aliphatic carbocycles. The lowest BCUT2D eigenvalue weighted by atomic mass is 10.2. The van der Waals surface area contributed by atoms with Gasteiger partial charge in [0.15, 0.2) is 0 Å². The van der Waals surface area contributed by atoms with E-state index in [2.05, 4.69) is 21.2 Å². The third-order valence-corrected chi connectivity index (χ3v) is 2.62. The van der Waals surface area contributed by atoms with E-state index in [1.807, 2.05) is 6.92 Å². The van der Waals surface area contributed by atoms with Gasteiger partial charge in [-0.15, -0.1) is 0 Å². The topological polar surface area (TPSA) is 32.3 Å². The van der Waals surface area contributed by atoms with Gasteiger partial charge in [0.1, 0.15) is 11.6 Å². The predicted molar refractivity (Wildman–Crippen MR) is 58.8 cm³/mol. The molecule has 2 N–H and O–H groups in total. The summed E-state index contributed by atoms with van der Waals surface area (Å²) in [7, 11) is 0. The summed E-state index contributed by atoms with van der Waals surface area (Å²) < 4.78 is 26.3. The maximum Gasteiger partial charge on any atom is 0.150 e. The van der Waals surface area contributed by atoms with E-state index in [-0.39, 0.29) is 12.2 Å². The number of benzene rings is 1. The van der Waals surface area contributed by atoms with E-state index in [1.54, 1.807) is 0 Å². The Labute approximate surface area is 95.4 Å². The molecule has 5 heteroatoms.